The number of nitrogens with one attached hydrogen (secondary N) is 2. The number of carboxylic acids is 1. The van der Waals surface area contributed by atoms with E-state index < -0.39 is 5.97 Å². The Morgan fingerprint density at radius 2 is 0.924 bits per heavy atom. The Morgan fingerprint density at radius 1 is 0.600 bits per heavy atom. The number of aromatic amines is 1. The van der Waals surface area contributed by atoms with Crippen LogP contribution in [0.15, 0.2) is 45.4 Å². The van der Waals surface area contributed by atoms with E-state index in [4.69, 9.17) is 71.7 Å². The summed E-state index contributed by atoms with van der Waals surface area (Å²) in [4.78, 5) is 92.7. The summed E-state index contributed by atoms with van der Waals surface area (Å²) in [6.45, 7) is 12.4. The number of rotatable bonds is 11. The molecule has 0 spiro atoms. The maximum Gasteiger partial charge on any atom is 1.00 e. The van der Waals surface area contributed by atoms with E-state index in [0.717, 1.165) is 166 Å². The molecule has 34 nitrogen and oxygen atoms in total. The molecule has 12 heterocycles. The first-order valence-corrected chi connectivity index (χ1v) is 35.7. The molecule has 105 heavy (non-hydrogen) atoms. The number of ketones is 1. The molecule has 14 N–H and O–H groups in total. The van der Waals surface area contributed by atoms with Crippen molar-refractivity contribution in [2.24, 2.45) is 5.73 Å². The van der Waals surface area contributed by atoms with Gasteiger partial charge in [0.2, 0.25) is 5.28 Å². The minimum atomic E-state index is -1.05. The Labute approximate surface area is 646 Å². The molecule has 7 aromatic rings. The van der Waals surface area contributed by atoms with E-state index in [1.165, 1.54) is 51.5 Å². The molecule has 5 aliphatic heterocycles. The second-order valence-electron chi connectivity index (χ2n) is 25.0. The number of nitrogens with zero attached hydrogens (tertiary/aromatic N) is 14. The van der Waals surface area contributed by atoms with Gasteiger partial charge in [-0.05, 0) is 132 Å². The maximum atomic E-state index is 12.5. The van der Waals surface area contributed by atoms with Gasteiger partial charge in [-0.15, -0.1) is 5.10 Å². The van der Waals surface area contributed by atoms with Crippen molar-refractivity contribution < 1.29 is 75.7 Å². The number of hydrogen-bond acceptors (Lipinski definition) is 23. The Hall–Kier alpha value is -7.07. The molecule has 0 bridgehead atoms. The first kappa shape index (κ1) is 90.3. The van der Waals surface area contributed by atoms with Crippen LogP contribution in [0.5, 0.6) is 0 Å². The second-order valence-corrected chi connectivity index (χ2v) is 25.3. The summed E-state index contributed by atoms with van der Waals surface area (Å²) in [5.74, 6) is 21.4. The monoisotopic (exact) mass is 1600 g/mol. The molecule has 0 radical (unpaired) electrons. The Balaban J connectivity index is 0.000000431. The number of carbonyl (C=O) groups is 3. The summed E-state index contributed by atoms with van der Waals surface area (Å²) in [6.07, 6.45) is 25.0. The van der Waals surface area contributed by atoms with Gasteiger partial charge >= 0.3 is 30.5 Å². The van der Waals surface area contributed by atoms with Crippen LogP contribution in [-0.2, 0) is 23.7 Å². The molecule has 0 unspecified atom stereocenters. The number of nitrogen functional groups attached to an aromatic ring is 3. The van der Waals surface area contributed by atoms with Crippen LogP contribution in [0.25, 0.3) is 11.0 Å². The van der Waals surface area contributed by atoms with E-state index >= 15 is 0 Å². The van der Waals surface area contributed by atoms with Gasteiger partial charge < -0.3 is 68.3 Å². The minimum Gasteiger partial charge on any atom is -0.870 e. The van der Waals surface area contributed by atoms with E-state index in [9.17, 15) is 28.8 Å². The van der Waals surface area contributed by atoms with Crippen molar-refractivity contribution in [1.29, 1.82) is 5.26 Å². The van der Waals surface area contributed by atoms with Crippen molar-refractivity contribution in [2.45, 2.75) is 219 Å². The summed E-state index contributed by atoms with van der Waals surface area (Å²) >= 11 is 8.14. The van der Waals surface area contributed by atoms with Gasteiger partial charge in [-0.25, -0.2) is 62.7 Å². The Bertz CT molecular complexity index is 3970. The normalized spacial score (nSPS) is 18.0. The van der Waals surface area contributed by atoms with Crippen LogP contribution in [0.4, 0.5) is 0 Å². The van der Waals surface area contributed by atoms with Gasteiger partial charge in [-0.2, -0.15) is 5.26 Å². The number of H-pyrrole nitrogens is 1. The molecule has 9 fully saturated rings. The van der Waals surface area contributed by atoms with Crippen LogP contribution < -0.4 is 64.2 Å². The molecule has 0 atom stereocenters. The fraction of sp³-hybridized carbons (Fsp3) is 0.662. The summed E-state index contributed by atoms with van der Waals surface area (Å²) in [6, 6.07) is 2.95. The number of amides is 1. The molecule has 37 heteroatoms. The minimum absolute atomic E-state index is 0. The van der Waals surface area contributed by atoms with Crippen molar-refractivity contribution in [2.75, 3.05) is 88.5 Å². The van der Waals surface area contributed by atoms with E-state index in [0.29, 0.717) is 90.4 Å². The van der Waals surface area contributed by atoms with Gasteiger partial charge in [0.15, 0.2) is 17.0 Å². The molecule has 7 aromatic heterocycles. The predicted octanol–water partition coefficient (Wildman–Crippen LogP) is 4.08. The summed E-state index contributed by atoms with van der Waals surface area (Å²) in [5, 5.41) is 26.5. The van der Waals surface area contributed by atoms with Crippen LogP contribution >= 0.6 is 34.2 Å². The molecule has 1 amide bonds. The van der Waals surface area contributed by atoms with Crippen LogP contribution in [0, 0.1) is 11.3 Å². The number of aromatic nitrogens is 14. The number of Topliss-reactive ketones (excluding diaryl/α,β-unsaturated/α-hetero) is 1. The number of imidazole rings is 5. The quantitative estimate of drug-likeness (QED) is 0.0315. The number of nitrogens with two attached hydrogens (primary N) is 4. The number of halogens is 2. The number of nitriles is 1. The second kappa shape index (κ2) is 46.2. The first-order chi connectivity index (χ1) is 48.8. The average molecular weight is 1600 g/mol. The van der Waals surface area contributed by atoms with Gasteiger partial charge in [-0.3, -0.25) is 28.3 Å². The van der Waals surface area contributed by atoms with Crippen molar-refractivity contribution >= 4 is 62.9 Å². The van der Waals surface area contributed by atoms with Gasteiger partial charge in [0.05, 0.1) is 37.1 Å². The average Bonchev–Trinajstić information content (AvgIpc) is 1.62. The fourth-order valence-corrected chi connectivity index (χ4v) is 12.1. The molecular formula is C68H111ClILiN20O14. The first-order valence-electron chi connectivity index (χ1n) is 35.2. The molecule has 4 saturated carbocycles. The number of carboxylic acid groups (broad SMARTS) is 1. The number of fused-ring (bicyclic) bond motifs is 2. The van der Waals surface area contributed by atoms with Crippen molar-refractivity contribution in [3.63, 3.8) is 0 Å². The third-order valence-electron chi connectivity index (χ3n) is 17.8. The molecule has 582 valence electrons. The van der Waals surface area contributed by atoms with Gasteiger partial charge in [-0.1, -0.05) is 58.7 Å². The van der Waals surface area contributed by atoms with Crippen LogP contribution in [0.2, 0.25) is 5.28 Å². The number of alkyl halides is 1. The standard InChI is InChI=1S/C13H15ClN4O2.C13H16N4O3.C12H18N4O2.C10H15N3O2.C9H13N3O3.C3H7N.C2H3N.C2H6.CH3I.3CH4.Li.2H2O/c14-13-16-18-10(12(19)17(13)9-1-2-9)7-15-11(18)8-3-5-20-6-4-8;18-12-10-7-14-11(8-3-5-20-6-4-8)17(10)15-13(19)16(12)9-1-2-9;13-16-10(12(17)15-9-1-2-9)7-14-11(16)8-3-5-18-6-4-8;1-7(14)9-6-12-10(13(9)11)8-2-4-15-5-3-8;10-12-7(9(13)14)5-11-8(12)6-1-3-15-4-2-6;4-3-1-2-3;1-2-3;2*1-2;;;;;;/h7-9H,1-6H2;7-9H,1-6H2,(H,15,19);7-9H,1-6,13H2,(H,15,17);6,8H,2-5,11H2,1H3;5-6H,1-4,10H2,(H,13,14);3H,1-2,4H2;1H3;1-2H3;1H3;3*1H4;;2*1H2/q;;;;;;;;;;;;+1;;/p-1/i;;;;;;;2*1D;;;;;;. The van der Waals surface area contributed by atoms with E-state index in [1.54, 1.807) is 51.4 Å². The van der Waals surface area contributed by atoms with Crippen LogP contribution in [0.3, 0.4) is 0 Å². The van der Waals surface area contributed by atoms with Crippen LogP contribution in [0.1, 0.15) is 271 Å². The SMILES string of the molecule is C.C.C.CC#N.CC(=O)c1cnc(C2CCOCC2)n1N.NC1CC1.Nn1c(C(=O)NC2CC2)cnc1C1CCOCC1.Nn1c(C(=O)O)cnc1C1CCOCC1.O.O=c1[nH]n2c(C3CCOCC3)ncc2c(=O)n1C1CC1.O=c1c2cnc(C3CCOCC3)n2nc(Cl)n1C1CC1.[2H]CC.[2H]CI.[Li+].[OH-]. The van der Waals surface area contributed by atoms with Crippen molar-refractivity contribution in [3.8, 4) is 6.07 Å². The zero-order valence-corrected chi connectivity index (χ0v) is 61.4. The van der Waals surface area contributed by atoms with E-state index in [1.807, 2.05) is 22.6 Å². The summed E-state index contributed by atoms with van der Waals surface area (Å²) in [7, 11) is 0. The van der Waals surface area contributed by atoms with Crippen molar-refractivity contribution in [3.05, 3.63) is 114 Å². The third-order valence-corrected chi connectivity index (χ3v) is 18.1. The fourth-order valence-electron chi connectivity index (χ4n) is 11.8. The smallest absolute Gasteiger partial charge is 0.870 e. The largest absolute Gasteiger partial charge is 1.00 e. The van der Waals surface area contributed by atoms with Gasteiger partial charge in [0, 0.05) is 136 Å². The van der Waals surface area contributed by atoms with Crippen molar-refractivity contribution in [1.82, 2.24) is 72.6 Å². The molecular weight excluding hydrogens is 1490 g/mol. The van der Waals surface area contributed by atoms with E-state index in [2.05, 4.69) is 40.4 Å². The summed E-state index contributed by atoms with van der Waals surface area (Å²) in [5.41, 5.74) is 6.48. The van der Waals surface area contributed by atoms with E-state index in [-0.39, 0.29) is 121 Å². The summed E-state index contributed by atoms with van der Waals surface area (Å²) < 4.78 is 49.0. The Morgan fingerprint density at radius 3 is 1.29 bits per heavy atom. The molecule has 5 saturated heterocycles. The predicted molar refractivity (Wildman–Crippen MR) is 403 cm³/mol. The number of carbonyl (C=O) groups excluding carboxylic acids is 2. The zero-order valence-electron chi connectivity index (χ0n) is 60.5. The molecule has 9 aliphatic rings. The zero-order chi connectivity index (χ0) is 72.7. The topological polar surface area (TPSA) is 497 Å². The number of aromatic carboxylic acids is 1. The number of hydrogen-bond donors (Lipinski definition) is 7. The molecule has 4 aliphatic carbocycles. The number of ether oxygens (including phenoxy) is 5. The Kier molecular flexibility index (Phi) is 39.8. The van der Waals surface area contributed by atoms with Gasteiger partial charge in [0.25, 0.3) is 17.0 Å². The molecule has 0 aromatic carbocycles. The van der Waals surface area contributed by atoms with Gasteiger partial charge in [0.1, 0.15) is 46.0 Å². The molecule has 16 rings (SSSR count). The van der Waals surface area contributed by atoms with Crippen LogP contribution in [-0.4, -0.2) is 184 Å². The third kappa shape index (κ3) is 25.3. The maximum absolute atomic E-state index is 12.5.